The zero-order valence-corrected chi connectivity index (χ0v) is 8.64. The quantitative estimate of drug-likeness (QED) is 0.697. The van der Waals surface area contributed by atoms with E-state index in [-0.39, 0.29) is 0 Å². The lowest BCUT2D eigenvalue weighted by Gasteiger charge is -2.35. The molecule has 0 bridgehead atoms. The fourth-order valence-corrected chi connectivity index (χ4v) is 2.11. The van der Waals surface area contributed by atoms with Gasteiger partial charge in [-0.3, -0.25) is 4.90 Å². The number of hydrogen-bond donors (Lipinski definition) is 1. The zero-order chi connectivity index (χ0) is 9.19. The van der Waals surface area contributed by atoms with E-state index in [1.54, 1.807) is 0 Å². The molecule has 0 radical (unpaired) electrons. The fourth-order valence-electron chi connectivity index (χ4n) is 2.11. The zero-order valence-electron chi connectivity index (χ0n) is 8.64. The average molecular weight is 170 g/mol. The first-order valence-electron chi connectivity index (χ1n) is 5.07. The van der Waals surface area contributed by atoms with Crippen molar-refractivity contribution < 1.29 is 0 Å². The van der Waals surface area contributed by atoms with Crippen molar-refractivity contribution in [1.29, 1.82) is 0 Å². The molecule has 1 saturated heterocycles. The van der Waals surface area contributed by atoms with Crippen LogP contribution in [0.25, 0.3) is 0 Å². The number of hydrogen-bond acceptors (Lipinski definition) is 2. The second-order valence-electron chi connectivity index (χ2n) is 4.56. The van der Waals surface area contributed by atoms with Gasteiger partial charge in [-0.15, -0.1) is 0 Å². The molecule has 1 unspecified atom stereocenters. The maximum Gasteiger partial charge on any atom is 0.0180 e. The van der Waals surface area contributed by atoms with E-state index in [0.29, 0.717) is 11.6 Å². The third kappa shape index (κ3) is 2.20. The minimum atomic E-state index is 0.364. The Bertz CT molecular complexity index is 143. The van der Waals surface area contributed by atoms with Crippen molar-refractivity contribution in [3.05, 3.63) is 0 Å². The molecule has 12 heavy (non-hydrogen) atoms. The van der Waals surface area contributed by atoms with Gasteiger partial charge >= 0.3 is 0 Å². The summed E-state index contributed by atoms with van der Waals surface area (Å²) < 4.78 is 0. The summed E-state index contributed by atoms with van der Waals surface area (Å²) in [7, 11) is 0. The summed E-state index contributed by atoms with van der Waals surface area (Å²) in [5.74, 6) is 0. The summed E-state index contributed by atoms with van der Waals surface area (Å²) in [6.45, 7) is 9.18. The Morgan fingerprint density at radius 3 is 2.58 bits per heavy atom. The summed E-state index contributed by atoms with van der Waals surface area (Å²) in [4.78, 5) is 2.53. The SMILES string of the molecule is CCCC(C)(C)N1CCC(N)C1. The van der Waals surface area contributed by atoms with Crippen molar-refractivity contribution in [3.8, 4) is 0 Å². The molecular formula is C10H22N2. The molecule has 0 amide bonds. The van der Waals surface area contributed by atoms with Gasteiger partial charge in [0.15, 0.2) is 0 Å². The van der Waals surface area contributed by atoms with Gasteiger partial charge in [-0.25, -0.2) is 0 Å². The predicted octanol–water partition coefficient (Wildman–Crippen LogP) is 1.60. The van der Waals surface area contributed by atoms with Crippen molar-refractivity contribution in [2.24, 2.45) is 5.73 Å². The molecule has 1 aliphatic rings. The minimum Gasteiger partial charge on any atom is -0.326 e. The van der Waals surface area contributed by atoms with Gasteiger partial charge in [-0.2, -0.15) is 0 Å². The summed E-state index contributed by atoms with van der Waals surface area (Å²) >= 11 is 0. The third-order valence-electron chi connectivity index (χ3n) is 2.94. The summed E-state index contributed by atoms with van der Waals surface area (Å²) in [5.41, 5.74) is 6.24. The van der Waals surface area contributed by atoms with Crippen LogP contribution in [0.3, 0.4) is 0 Å². The molecule has 1 fully saturated rings. The fraction of sp³-hybridized carbons (Fsp3) is 1.00. The van der Waals surface area contributed by atoms with Crippen LogP contribution < -0.4 is 5.73 Å². The number of likely N-dealkylation sites (tertiary alicyclic amines) is 1. The van der Waals surface area contributed by atoms with Crippen molar-refractivity contribution in [2.75, 3.05) is 13.1 Å². The van der Waals surface area contributed by atoms with E-state index >= 15 is 0 Å². The van der Waals surface area contributed by atoms with Gasteiger partial charge in [0.05, 0.1) is 0 Å². The lowest BCUT2D eigenvalue weighted by molar-refractivity contribution is 0.141. The molecule has 2 nitrogen and oxygen atoms in total. The van der Waals surface area contributed by atoms with Gasteiger partial charge in [-0.1, -0.05) is 13.3 Å². The van der Waals surface area contributed by atoms with Crippen molar-refractivity contribution in [1.82, 2.24) is 4.90 Å². The molecule has 0 aromatic carbocycles. The Labute approximate surface area is 76.1 Å². The standard InChI is InChI=1S/C10H22N2/c1-4-6-10(2,3)12-7-5-9(11)8-12/h9H,4-8,11H2,1-3H3. The van der Waals surface area contributed by atoms with E-state index in [0.717, 1.165) is 6.54 Å². The van der Waals surface area contributed by atoms with Crippen LogP contribution >= 0.6 is 0 Å². The lowest BCUT2D eigenvalue weighted by Crippen LogP contribution is -2.43. The molecule has 1 heterocycles. The highest BCUT2D eigenvalue weighted by Gasteiger charge is 2.30. The van der Waals surface area contributed by atoms with E-state index in [4.69, 9.17) is 5.73 Å². The van der Waals surface area contributed by atoms with Gasteiger partial charge in [-0.05, 0) is 26.7 Å². The molecule has 0 aliphatic carbocycles. The molecule has 1 aliphatic heterocycles. The van der Waals surface area contributed by atoms with Crippen molar-refractivity contribution >= 4 is 0 Å². The van der Waals surface area contributed by atoms with E-state index in [9.17, 15) is 0 Å². The van der Waals surface area contributed by atoms with Crippen molar-refractivity contribution in [2.45, 2.75) is 51.6 Å². The average Bonchev–Trinajstić information content (AvgIpc) is 2.36. The van der Waals surface area contributed by atoms with Crippen LogP contribution in [0.4, 0.5) is 0 Å². The second-order valence-corrected chi connectivity index (χ2v) is 4.56. The normalized spacial score (nSPS) is 26.5. The largest absolute Gasteiger partial charge is 0.326 e. The molecule has 0 aromatic heterocycles. The maximum atomic E-state index is 5.88. The van der Waals surface area contributed by atoms with Gasteiger partial charge in [0.25, 0.3) is 0 Å². The molecule has 72 valence electrons. The Morgan fingerprint density at radius 2 is 2.17 bits per heavy atom. The van der Waals surface area contributed by atoms with Crippen LogP contribution in [0, 0.1) is 0 Å². The van der Waals surface area contributed by atoms with Gasteiger partial charge in [0.2, 0.25) is 0 Å². The van der Waals surface area contributed by atoms with Crippen molar-refractivity contribution in [3.63, 3.8) is 0 Å². The molecule has 2 heteroatoms. The first kappa shape index (κ1) is 10.0. The molecule has 2 N–H and O–H groups in total. The Morgan fingerprint density at radius 1 is 1.50 bits per heavy atom. The van der Waals surface area contributed by atoms with Crippen LogP contribution in [0.5, 0.6) is 0 Å². The van der Waals surface area contributed by atoms with E-state index < -0.39 is 0 Å². The highest BCUT2D eigenvalue weighted by Crippen LogP contribution is 2.24. The smallest absolute Gasteiger partial charge is 0.0180 e. The highest BCUT2D eigenvalue weighted by atomic mass is 15.2. The second kappa shape index (κ2) is 3.75. The Balaban J connectivity index is 2.45. The minimum absolute atomic E-state index is 0.364. The first-order valence-corrected chi connectivity index (χ1v) is 5.07. The Kier molecular flexibility index (Phi) is 3.13. The lowest BCUT2D eigenvalue weighted by atomic mass is 9.97. The Hall–Kier alpha value is -0.0800. The van der Waals surface area contributed by atoms with Crippen LogP contribution in [-0.2, 0) is 0 Å². The van der Waals surface area contributed by atoms with Gasteiger partial charge < -0.3 is 5.73 Å². The van der Waals surface area contributed by atoms with Crippen LogP contribution in [0.2, 0.25) is 0 Å². The van der Waals surface area contributed by atoms with E-state index in [1.807, 2.05) is 0 Å². The third-order valence-corrected chi connectivity index (χ3v) is 2.94. The monoisotopic (exact) mass is 170 g/mol. The number of rotatable bonds is 3. The summed E-state index contributed by atoms with van der Waals surface area (Å²) in [6.07, 6.45) is 3.71. The molecule has 0 spiro atoms. The number of nitrogens with two attached hydrogens (primary N) is 1. The molecular weight excluding hydrogens is 148 g/mol. The number of nitrogens with zero attached hydrogens (tertiary/aromatic N) is 1. The van der Waals surface area contributed by atoms with Crippen LogP contribution in [0.1, 0.15) is 40.0 Å². The summed E-state index contributed by atoms with van der Waals surface area (Å²) in [5, 5.41) is 0. The van der Waals surface area contributed by atoms with Crippen LogP contribution in [0.15, 0.2) is 0 Å². The maximum absolute atomic E-state index is 5.88. The predicted molar refractivity (Wildman–Crippen MR) is 53.2 cm³/mol. The molecule has 1 rings (SSSR count). The van der Waals surface area contributed by atoms with Gasteiger partial charge in [0, 0.05) is 24.7 Å². The molecule has 0 aromatic rings. The first-order chi connectivity index (χ1) is 5.56. The topological polar surface area (TPSA) is 29.3 Å². The molecule has 0 saturated carbocycles. The summed E-state index contributed by atoms with van der Waals surface area (Å²) in [6, 6.07) is 0.418. The highest BCUT2D eigenvalue weighted by molar-refractivity contribution is 4.88. The van der Waals surface area contributed by atoms with E-state index in [2.05, 4.69) is 25.7 Å². The van der Waals surface area contributed by atoms with Gasteiger partial charge in [0.1, 0.15) is 0 Å². The van der Waals surface area contributed by atoms with E-state index in [1.165, 1.54) is 25.8 Å². The molecule has 1 atom stereocenters. The van der Waals surface area contributed by atoms with Crippen LogP contribution in [-0.4, -0.2) is 29.6 Å².